The van der Waals surface area contributed by atoms with Gasteiger partial charge in [-0.1, -0.05) is 48.5 Å². The Morgan fingerprint density at radius 1 is 0.882 bits per heavy atom. The summed E-state index contributed by atoms with van der Waals surface area (Å²) in [5, 5.41) is 11.3. The van der Waals surface area contributed by atoms with Gasteiger partial charge in [0.2, 0.25) is 0 Å². The van der Waals surface area contributed by atoms with Gasteiger partial charge >= 0.3 is 0 Å². The number of amides is 2. The maximum Gasteiger partial charge on any atom is 0.290 e. The summed E-state index contributed by atoms with van der Waals surface area (Å²) in [6.07, 6.45) is 0. The van der Waals surface area contributed by atoms with Gasteiger partial charge < -0.3 is 0 Å². The molecule has 168 valence electrons. The first-order valence-corrected chi connectivity index (χ1v) is 12.0. The molecule has 3 heterocycles. The minimum Gasteiger partial charge on any atom is -0.267 e. The monoisotopic (exact) mass is 487 g/mol. The fourth-order valence-corrected chi connectivity index (χ4v) is 4.91. The van der Waals surface area contributed by atoms with E-state index in [4.69, 9.17) is 0 Å². The van der Waals surface area contributed by atoms with Crippen LogP contribution in [-0.4, -0.2) is 26.6 Å². The Labute approximate surface area is 201 Å². The smallest absolute Gasteiger partial charge is 0.267 e. The van der Waals surface area contributed by atoms with Crippen molar-refractivity contribution >= 4 is 45.3 Å². The zero-order chi connectivity index (χ0) is 23.5. The van der Waals surface area contributed by atoms with E-state index in [1.807, 2.05) is 47.2 Å². The number of nitrogens with zero attached hydrogens (tertiary/aromatic N) is 3. The molecule has 0 aliphatic heterocycles. The Hall–Kier alpha value is -4.15. The summed E-state index contributed by atoms with van der Waals surface area (Å²) in [6, 6.07) is 18.1. The van der Waals surface area contributed by atoms with Crippen LogP contribution in [0.25, 0.3) is 21.3 Å². The predicted molar refractivity (Wildman–Crippen MR) is 132 cm³/mol. The van der Waals surface area contributed by atoms with E-state index in [1.165, 1.54) is 16.0 Å². The molecule has 2 aromatic carbocycles. The molecule has 0 unspecified atom stereocenters. The van der Waals surface area contributed by atoms with Gasteiger partial charge in [-0.05, 0) is 23.1 Å². The van der Waals surface area contributed by atoms with E-state index in [1.54, 1.807) is 41.0 Å². The summed E-state index contributed by atoms with van der Waals surface area (Å²) in [6.45, 7) is 0.210. The minimum atomic E-state index is -0.639. The Balaban J connectivity index is 1.39. The highest BCUT2D eigenvalue weighted by Crippen LogP contribution is 2.25. The van der Waals surface area contributed by atoms with Gasteiger partial charge in [0.15, 0.2) is 5.69 Å². The van der Waals surface area contributed by atoms with Gasteiger partial charge in [-0.15, -0.1) is 11.3 Å². The van der Waals surface area contributed by atoms with Crippen molar-refractivity contribution in [2.75, 3.05) is 0 Å². The molecular weight excluding hydrogens is 470 g/mol. The Kier molecular flexibility index (Phi) is 5.98. The molecule has 0 spiro atoms. The molecule has 0 bridgehead atoms. The zero-order valence-corrected chi connectivity index (χ0v) is 19.2. The van der Waals surface area contributed by atoms with Crippen LogP contribution in [0.15, 0.2) is 81.6 Å². The van der Waals surface area contributed by atoms with Crippen molar-refractivity contribution in [3.63, 3.8) is 0 Å². The van der Waals surface area contributed by atoms with Crippen LogP contribution in [0.1, 0.15) is 26.5 Å². The lowest BCUT2D eigenvalue weighted by Gasteiger charge is -2.11. The highest BCUT2D eigenvalue weighted by molar-refractivity contribution is 7.14. The first-order chi connectivity index (χ1) is 16.6. The standard InChI is InChI=1S/C24H17N5O3S2/c30-21(19-14-34-23(25-19)16-10-11-33-13-16)26-27-22(31)20-17-8-4-5-9-18(17)24(32)29(28-20)12-15-6-2-1-3-7-15/h1-11,13-14H,12H2,(H,26,30)(H,27,31). The molecule has 0 atom stereocenters. The summed E-state index contributed by atoms with van der Waals surface area (Å²) in [4.78, 5) is 42.8. The lowest BCUT2D eigenvalue weighted by Crippen LogP contribution is -2.43. The van der Waals surface area contributed by atoms with Crippen LogP contribution >= 0.6 is 22.7 Å². The number of carbonyl (C=O) groups is 2. The molecule has 34 heavy (non-hydrogen) atoms. The summed E-state index contributed by atoms with van der Waals surface area (Å²) in [7, 11) is 0. The molecule has 2 amide bonds. The van der Waals surface area contributed by atoms with Gasteiger partial charge in [0, 0.05) is 21.7 Å². The van der Waals surface area contributed by atoms with Gasteiger partial charge in [-0.3, -0.25) is 25.2 Å². The lowest BCUT2D eigenvalue weighted by atomic mass is 10.1. The van der Waals surface area contributed by atoms with E-state index in [2.05, 4.69) is 20.9 Å². The van der Waals surface area contributed by atoms with Gasteiger partial charge in [0.05, 0.1) is 11.9 Å². The van der Waals surface area contributed by atoms with Gasteiger partial charge in [0.1, 0.15) is 10.7 Å². The third kappa shape index (κ3) is 4.36. The van der Waals surface area contributed by atoms with E-state index < -0.39 is 11.8 Å². The predicted octanol–water partition coefficient (Wildman–Crippen LogP) is 3.70. The molecule has 8 nitrogen and oxygen atoms in total. The fourth-order valence-electron chi connectivity index (χ4n) is 3.40. The third-order valence-corrected chi connectivity index (χ3v) is 6.63. The number of hydrogen-bond donors (Lipinski definition) is 2. The lowest BCUT2D eigenvalue weighted by molar-refractivity contribution is 0.0841. The first-order valence-electron chi connectivity index (χ1n) is 10.2. The SMILES string of the molecule is O=C(NNC(=O)c1nn(Cc2ccccc2)c(=O)c2ccccc12)c1csc(-c2ccsc2)n1. The van der Waals surface area contributed by atoms with Crippen LogP contribution in [0, 0.1) is 0 Å². The number of thiazole rings is 1. The van der Waals surface area contributed by atoms with Crippen molar-refractivity contribution in [1.29, 1.82) is 0 Å². The summed E-state index contributed by atoms with van der Waals surface area (Å²) >= 11 is 2.89. The van der Waals surface area contributed by atoms with E-state index in [9.17, 15) is 14.4 Å². The van der Waals surface area contributed by atoms with Crippen LogP contribution in [0.2, 0.25) is 0 Å². The Bertz CT molecular complexity index is 1540. The molecule has 10 heteroatoms. The quantitative estimate of drug-likeness (QED) is 0.368. The number of benzene rings is 2. The van der Waals surface area contributed by atoms with Crippen molar-refractivity contribution < 1.29 is 9.59 Å². The maximum atomic E-state index is 13.0. The molecule has 2 N–H and O–H groups in total. The normalized spacial score (nSPS) is 10.8. The fraction of sp³-hybridized carbons (Fsp3) is 0.0417. The number of thiophene rings is 1. The van der Waals surface area contributed by atoms with Gasteiger partial charge in [0.25, 0.3) is 17.4 Å². The molecule has 3 aromatic heterocycles. The number of nitrogens with one attached hydrogen (secondary N) is 2. The Morgan fingerprint density at radius 2 is 1.62 bits per heavy atom. The molecule has 0 aliphatic carbocycles. The molecular formula is C24H17N5O3S2. The second kappa shape index (κ2) is 9.38. The molecule has 0 fully saturated rings. The van der Waals surface area contributed by atoms with E-state index in [0.717, 1.165) is 16.1 Å². The van der Waals surface area contributed by atoms with Gasteiger partial charge in [-0.2, -0.15) is 16.4 Å². The molecule has 5 rings (SSSR count). The van der Waals surface area contributed by atoms with E-state index in [0.29, 0.717) is 10.8 Å². The van der Waals surface area contributed by atoms with Crippen LogP contribution in [-0.2, 0) is 6.54 Å². The average Bonchev–Trinajstić information content (AvgIpc) is 3.57. The second-order valence-corrected chi connectivity index (χ2v) is 8.94. The highest BCUT2D eigenvalue weighted by atomic mass is 32.1. The van der Waals surface area contributed by atoms with E-state index >= 15 is 0 Å². The number of carbonyl (C=O) groups excluding carboxylic acids is 2. The summed E-state index contributed by atoms with van der Waals surface area (Å²) in [5.74, 6) is -1.19. The maximum absolute atomic E-state index is 13.0. The summed E-state index contributed by atoms with van der Waals surface area (Å²) in [5.41, 5.74) is 6.51. The topological polar surface area (TPSA) is 106 Å². The van der Waals surface area contributed by atoms with E-state index in [-0.39, 0.29) is 23.5 Å². The Morgan fingerprint density at radius 3 is 2.38 bits per heavy atom. The number of aromatic nitrogens is 3. The van der Waals surface area contributed by atoms with Crippen molar-refractivity contribution in [3.05, 3.63) is 104 Å². The largest absolute Gasteiger partial charge is 0.290 e. The molecule has 0 radical (unpaired) electrons. The van der Waals surface area contributed by atoms with Crippen LogP contribution < -0.4 is 16.4 Å². The minimum absolute atomic E-state index is 0.0312. The van der Waals surface area contributed by atoms with Gasteiger partial charge in [-0.25, -0.2) is 9.67 Å². The highest BCUT2D eigenvalue weighted by Gasteiger charge is 2.19. The van der Waals surface area contributed by atoms with Crippen LogP contribution in [0.3, 0.4) is 0 Å². The molecule has 0 aliphatic rings. The van der Waals surface area contributed by atoms with Crippen LogP contribution in [0.4, 0.5) is 0 Å². The molecule has 0 saturated heterocycles. The van der Waals surface area contributed by atoms with Crippen molar-refractivity contribution in [1.82, 2.24) is 25.6 Å². The number of fused-ring (bicyclic) bond motifs is 1. The van der Waals surface area contributed by atoms with Crippen molar-refractivity contribution in [2.24, 2.45) is 0 Å². The zero-order valence-electron chi connectivity index (χ0n) is 17.6. The van der Waals surface area contributed by atoms with Crippen molar-refractivity contribution in [3.8, 4) is 10.6 Å². The first kappa shape index (κ1) is 21.7. The molecule has 5 aromatic rings. The summed E-state index contributed by atoms with van der Waals surface area (Å²) < 4.78 is 1.25. The number of rotatable bonds is 5. The molecule has 0 saturated carbocycles. The number of hydrazine groups is 1. The average molecular weight is 488 g/mol. The third-order valence-electron chi connectivity index (χ3n) is 5.05. The second-order valence-electron chi connectivity index (χ2n) is 7.30. The van der Waals surface area contributed by atoms with Crippen molar-refractivity contribution in [2.45, 2.75) is 6.54 Å². The number of hydrogen-bond acceptors (Lipinski definition) is 7. The van der Waals surface area contributed by atoms with Crippen LogP contribution in [0.5, 0.6) is 0 Å².